The molecular weight excluding hydrogens is 242 g/mol. The molecule has 0 aliphatic carbocycles. The number of nitrogens with two attached hydrogens (primary N) is 2. The molecule has 1 aromatic carbocycles. The molecule has 1 heterocycles. The Morgan fingerprint density at radius 3 is 2.74 bits per heavy atom. The summed E-state index contributed by atoms with van der Waals surface area (Å²) in [5.41, 5.74) is 12.9. The summed E-state index contributed by atoms with van der Waals surface area (Å²) in [6, 6.07) is 9.01. The van der Waals surface area contributed by atoms with Crippen molar-refractivity contribution in [1.82, 2.24) is 4.98 Å². The number of hydrogen-bond donors (Lipinski definition) is 2. The molecule has 0 fully saturated rings. The van der Waals surface area contributed by atoms with Crippen molar-refractivity contribution in [3.63, 3.8) is 0 Å². The van der Waals surface area contributed by atoms with E-state index in [1.165, 1.54) is 0 Å². The molecular formula is C14H15N3O2. The van der Waals surface area contributed by atoms with E-state index in [4.69, 9.17) is 16.2 Å². The SMILES string of the molecule is NCCOc1cc(-c2cccnc2)ccc1C(N)=O. The van der Waals surface area contributed by atoms with Crippen LogP contribution in [0.3, 0.4) is 0 Å². The first kappa shape index (κ1) is 13.0. The zero-order valence-corrected chi connectivity index (χ0v) is 10.4. The van der Waals surface area contributed by atoms with E-state index in [-0.39, 0.29) is 0 Å². The Balaban J connectivity index is 2.40. The van der Waals surface area contributed by atoms with Crippen molar-refractivity contribution >= 4 is 5.91 Å². The highest BCUT2D eigenvalue weighted by atomic mass is 16.5. The number of nitrogens with zero attached hydrogens (tertiary/aromatic N) is 1. The number of amides is 1. The Morgan fingerprint density at radius 1 is 1.26 bits per heavy atom. The van der Waals surface area contributed by atoms with E-state index < -0.39 is 5.91 Å². The fraction of sp³-hybridized carbons (Fsp3) is 0.143. The van der Waals surface area contributed by atoms with Crippen molar-refractivity contribution in [1.29, 1.82) is 0 Å². The van der Waals surface area contributed by atoms with Crippen LogP contribution < -0.4 is 16.2 Å². The molecule has 0 saturated heterocycles. The van der Waals surface area contributed by atoms with Crippen LogP contribution in [-0.4, -0.2) is 24.0 Å². The molecule has 5 nitrogen and oxygen atoms in total. The number of primary amides is 1. The number of benzene rings is 1. The van der Waals surface area contributed by atoms with Gasteiger partial charge in [-0.05, 0) is 23.8 Å². The lowest BCUT2D eigenvalue weighted by Gasteiger charge is -2.10. The molecule has 1 amide bonds. The van der Waals surface area contributed by atoms with Crippen LogP contribution >= 0.6 is 0 Å². The number of hydrogen-bond acceptors (Lipinski definition) is 4. The lowest BCUT2D eigenvalue weighted by atomic mass is 10.0. The van der Waals surface area contributed by atoms with Crippen LogP contribution in [0.1, 0.15) is 10.4 Å². The van der Waals surface area contributed by atoms with Crippen LogP contribution in [0.15, 0.2) is 42.7 Å². The minimum Gasteiger partial charge on any atom is -0.491 e. The van der Waals surface area contributed by atoms with Crippen molar-refractivity contribution in [3.05, 3.63) is 48.3 Å². The van der Waals surface area contributed by atoms with Gasteiger partial charge in [-0.3, -0.25) is 9.78 Å². The first-order valence-electron chi connectivity index (χ1n) is 5.89. The number of aromatic nitrogens is 1. The summed E-state index contributed by atoms with van der Waals surface area (Å²) in [5.74, 6) is -0.0796. The van der Waals surface area contributed by atoms with Crippen molar-refractivity contribution in [2.45, 2.75) is 0 Å². The Hall–Kier alpha value is -2.40. The van der Waals surface area contributed by atoms with E-state index in [2.05, 4.69) is 4.98 Å². The number of carbonyl (C=O) groups excluding carboxylic acids is 1. The van der Waals surface area contributed by atoms with Gasteiger partial charge in [-0.2, -0.15) is 0 Å². The zero-order chi connectivity index (χ0) is 13.7. The lowest BCUT2D eigenvalue weighted by molar-refractivity contribution is 0.0996. The van der Waals surface area contributed by atoms with Crippen LogP contribution in [0, 0.1) is 0 Å². The predicted octanol–water partition coefficient (Wildman–Crippen LogP) is 1.18. The van der Waals surface area contributed by atoms with Crippen LogP contribution in [-0.2, 0) is 0 Å². The van der Waals surface area contributed by atoms with E-state index in [9.17, 15) is 4.79 Å². The van der Waals surface area contributed by atoms with Gasteiger partial charge in [0, 0.05) is 24.5 Å². The molecule has 2 rings (SSSR count). The van der Waals surface area contributed by atoms with Gasteiger partial charge in [0.2, 0.25) is 0 Å². The van der Waals surface area contributed by atoms with Crippen molar-refractivity contribution in [2.75, 3.05) is 13.2 Å². The molecule has 0 aliphatic rings. The van der Waals surface area contributed by atoms with Crippen LogP contribution in [0.25, 0.3) is 11.1 Å². The second-order valence-electron chi connectivity index (χ2n) is 3.95. The van der Waals surface area contributed by atoms with E-state index in [1.807, 2.05) is 18.2 Å². The van der Waals surface area contributed by atoms with Crippen LogP contribution in [0.2, 0.25) is 0 Å². The predicted molar refractivity (Wildman–Crippen MR) is 72.7 cm³/mol. The third kappa shape index (κ3) is 3.08. The first-order valence-corrected chi connectivity index (χ1v) is 5.89. The van der Waals surface area contributed by atoms with Gasteiger partial charge >= 0.3 is 0 Å². The fourth-order valence-corrected chi connectivity index (χ4v) is 1.73. The number of rotatable bonds is 5. The van der Waals surface area contributed by atoms with Crippen molar-refractivity contribution < 1.29 is 9.53 Å². The minimum atomic E-state index is -0.523. The topological polar surface area (TPSA) is 91.2 Å². The van der Waals surface area contributed by atoms with E-state index in [0.29, 0.717) is 24.5 Å². The summed E-state index contributed by atoms with van der Waals surface area (Å²) >= 11 is 0. The average Bonchev–Trinajstić information content (AvgIpc) is 2.45. The average molecular weight is 257 g/mol. The third-order valence-electron chi connectivity index (χ3n) is 2.62. The number of pyridine rings is 1. The summed E-state index contributed by atoms with van der Waals surface area (Å²) in [6.45, 7) is 0.700. The largest absolute Gasteiger partial charge is 0.491 e. The molecule has 0 radical (unpaired) electrons. The molecule has 5 heteroatoms. The summed E-state index contributed by atoms with van der Waals surface area (Å²) in [4.78, 5) is 15.4. The van der Waals surface area contributed by atoms with Crippen LogP contribution in [0.4, 0.5) is 0 Å². The highest BCUT2D eigenvalue weighted by Crippen LogP contribution is 2.26. The summed E-state index contributed by atoms with van der Waals surface area (Å²) < 4.78 is 5.46. The summed E-state index contributed by atoms with van der Waals surface area (Å²) in [7, 11) is 0. The maximum Gasteiger partial charge on any atom is 0.252 e. The molecule has 98 valence electrons. The van der Waals surface area contributed by atoms with E-state index in [1.54, 1.807) is 24.5 Å². The minimum absolute atomic E-state index is 0.330. The van der Waals surface area contributed by atoms with Crippen molar-refractivity contribution in [3.8, 4) is 16.9 Å². The standard InChI is InChI=1S/C14H15N3O2/c15-5-7-19-13-8-10(3-4-12(13)14(16)18)11-2-1-6-17-9-11/h1-4,6,8-9H,5,7,15H2,(H2,16,18). The van der Waals surface area contributed by atoms with Gasteiger partial charge in [0.15, 0.2) is 0 Å². The number of carbonyl (C=O) groups is 1. The smallest absolute Gasteiger partial charge is 0.252 e. The van der Waals surface area contributed by atoms with Gasteiger partial charge in [-0.25, -0.2) is 0 Å². The molecule has 0 unspecified atom stereocenters. The van der Waals surface area contributed by atoms with Gasteiger partial charge in [0.25, 0.3) is 5.91 Å². The summed E-state index contributed by atoms with van der Waals surface area (Å²) in [5, 5.41) is 0. The molecule has 0 atom stereocenters. The maximum atomic E-state index is 11.3. The molecule has 2 aromatic rings. The fourth-order valence-electron chi connectivity index (χ4n) is 1.73. The summed E-state index contributed by atoms with van der Waals surface area (Å²) in [6.07, 6.45) is 3.44. The molecule has 0 bridgehead atoms. The Kier molecular flexibility index (Phi) is 4.10. The van der Waals surface area contributed by atoms with Gasteiger partial charge in [0.1, 0.15) is 12.4 Å². The second kappa shape index (κ2) is 5.97. The van der Waals surface area contributed by atoms with Crippen LogP contribution in [0.5, 0.6) is 5.75 Å². The Morgan fingerprint density at radius 2 is 2.11 bits per heavy atom. The monoisotopic (exact) mass is 257 g/mol. The molecule has 0 aliphatic heterocycles. The third-order valence-corrected chi connectivity index (χ3v) is 2.62. The highest BCUT2D eigenvalue weighted by molar-refractivity contribution is 5.96. The van der Waals surface area contributed by atoms with E-state index in [0.717, 1.165) is 11.1 Å². The molecule has 1 aromatic heterocycles. The quantitative estimate of drug-likeness (QED) is 0.841. The Labute approximate surface area is 111 Å². The Bertz CT molecular complexity index is 570. The van der Waals surface area contributed by atoms with Gasteiger partial charge in [-0.1, -0.05) is 12.1 Å². The molecule has 0 spiro atoms. The first-order chi connectivity index (χ1) is 9.22. The van der Waals surface area contributed by atoms with Gasteiger partial charge in [-0.15, -0.1) is 0 Å². The van der Waals surface area contributed by atoms with Gasteiger partial charge < -0.3 is 16.2 Å². The number of ether oxygens (including phenoxy) is 1. The molecule has 4 N–H and O–H groups in total. The normalized spacial score (nSPS) is 10.2. The highest BCUT2D eigenvalue weighted by Gasteiger charge is 2.11. The second-order valence-corrected chi connectivity index (χ2v) is 3.95. The lowest BCUT2D eigenvalue weighted by Crippen LogP contribution is -2.16. The molecule has 0 saturated carbocycles. The molecule has 19 heavy (non-hydrogen) atoms. The van der Waals surface area contributed by atoms with Crippen molar-refractivity contribution in [2.24, 2.45) is 11.5 Å². The zero-order valence-electron chi connectivity index (χ0n) is 10.4. The van der Waals surface area contributed by atoms with E-state index >= 15 is 0 Å². The maximum absolute atomic E-state index is 11.3. The van der Waals surface area contributed by atoms with Gasteiger partial charge in [0.05, 0.1) is 5.56 Å².